The van der Waals surface area contributed by atoms with Gasteiger partial charge in [-0.05, 0) is 67.2 Å². The summed E-state index contributed by atoms with van der Waals surface area (Å²) in [6.07, 6.45) is 4.46. The van der Waals surface area contributed by atoms with E-state index in [0.29, 0.717) is 29.7 Å². The van der Waals surface area contributed by atoms with E-state index in [0.717, 1.165) is 74.9 Å². The number of rotatable bonds is 6. The van der Waals surface area contributed by atoms with Crippen LogP contribution in [0.1, 0.15) is 36.0 Å². The second-order valence-electron chi connectivity index (χ2n) is 13.4. The number of imidazole rings is 1. The number of likely N-dealkylation sites (tertiary alicyclic amines) is 1. The van der Waals surface area contributed by atoms with Crippen molar-refractivity contribution < 1.29 is 9.53 Å². The van der Waals surface area contributed by atoms with Gasteiger partial charge in [-0.3, -0.25) is 9.59 Å². The van der Waals surface area contributed by atoms with Crippen LogP contribution in [0.4, 0.5) is 0 Å². The molecule has 1 aliphatic heterocycles. The Bertz CT molecular complexity index is 2270. The molecule has 3 fully saturated rings. The first kappa shape index (κ1) is 27.4. The largest absolute Gasteiger partial charge is 0.494 e. The minimum absolute atomic E-state index is 0.00401. The standard InChI is InChI=1S/C37H36N6O3/c1-41-35-27(15-24(17-30(35)46-2)37(45)43-19-23-11-13-28(43)32(23)38)39-36(41)29-16-22-6-4-8-26(34(22)42(29)18-20-9-10-20)25-7-3-5-21-12-14-31(44)40-33(21)25/h3-8,12,14-17,20,23,28,32H,9-11,13,18-19,38H2,1-2H3,(H,40,44)/t23-,28-,32-/m1/s1. The highest BCUT2D eigenvalue weighted by Crippen LogP contribution is 2.42. The van der Waals surface area contributed by atoms with E-state index in [4.69, 9.17) is 15.5 Å². The van der Waals surface area contributed by atoms with Gasteiger partial charge in [0.1, 0.15) is 11.3 Å². The van der Waals surface area contributed by atoms with E-state index in [2.05, 4.69) is 44.5 Å². The van der Waals surface area contributed by atoms with Crippen LogP contribution in [-0.4, -0.2) is 55.6 Å². The first-order valence-electron chi connectivity index (χ1n) is 16.3. The second kappa shape index (κ2) is 10.1. The number of methoxy groups -OCH3 is 1. The molecule has 3 aromatic carbocycles. The van der Waals surface area contributed by atoms with E-state index in [1.807, 2.05) is 42.3 Å². The fourth-order valence-electron chi connectivity index (χ4n) is 8.15. The molecule has 1 saturated heterocycles. The van der Waals surface area contributed by atoms with Crippen molar-refractivity contribution in [3.8, 4) is 28.4 Å². The lowest BCUT2D eigenvalue weighted by Gasteiger charge is -2.27. The molecule has 232 valence electrons. The van der Waals surface area contributed by atoms with Crippen molar-refractivity contribution >= 4 is 38.7 Å². The van der Waals surface area contributed by atoms with Gasteiger partial charge in [-0.15, -0.1) is 0 Å². The van der Waals surface area contributed by atoms with Crippen molar-refractivity contribution in [3.63, 3.8) is 0 Å². The number of aromatic amines is 1. The Kier molecular flexibility index (Phi) is 5.99. The number of nitrogens with two attached hydrogens (primary N) is 1. The summed E-state index contributed by atoms with van der Waals surface area (Å²) in [6, 6.07) is 22.1. The highest BCUT2D eigenvalue weighted by atomic mass is 16.5. The van der Waals surface area contributed by atoms with Crippen molar-refractivity contribution in [2.24, 2.45) is 24.6 Å². The number of hydrogen-bond acceptors (Lipinski definition) is 5. The van der Waals surface area contributed by atoms with Crippen LogP contribution in [0.5, 0.6) is 5.75 Å². The second-order valence-corrected chi connectivity index (χ2v) is 13.4. The Morgan fingerprint density at radius 3 is 2.52 bits per heavy atom. The number of nitrogens with zero attached hydrogens (tertiary/aromatic N) is 4. The number of pyridine rings is 1. The number of piperidine rings is 1. The average Bonchev–Trinajstić information content (AvgIpc) is 3.45. The van der Waals surface area contributed by atoms with Crippen LogP contribution in [0.25, 0.3) is 55.5 Å². The predicted octanol–water partition coefficient (Wildman–Crippen LogP) is 5.68. The van der Waals surface area contributed by atoms with Crippen molar-refractivity contribution in [1.29, 1.82) is 0 Å². The zero-order valence-corrected chi connectivity index (χ0v) is 26.0. The number of hydrogen-bond donors (Lipinski definition) is 2. The lowest BCUT2D eigenvalue weighted by Crippen LogP contribution is -2.41. The van der Waals surface area contributed by atoms with E-state index in [-0.39, 0.29) is 23.6 Å². The molecule has 3 N–H and O–H groups in total. The Morgan fingerprint density at radius 2 is 1.78 bits per heavy atom. The summed E-state index contributed by atoms with van der Waals surface area (Å²) in [6.45, 7) is 1.59. The molecule has 9 nitrogen and oxygen atoms in total. The van der Waals surface area contributed by atoms with Crippen LogP contribution in [0, 0.1) is 11.8 Å². The maximum Gasteiger partial charge on any atom is 0.254 e. The zero-order valence-electron chi connectivity index (χ0n) is 26.0. The summed E-state index contributed by atoms with van der Waals surface area (Å²) < 4.78 is 10.4. The maximum atomic E-state index is 13.8. The molecule has 3 aliphatic rings. The van der Waals surface area contributed by atoms with Crippen molar-refractivity contribution in [1.82, 2.24) is 24.0 Å². The Balaban J connectivity index is 1.22. The van der Waals surface area contributed by atoms with Crippen LogP contribution in [-0.2, 0) is 13.6 Å². The quantitative estimate of drug-likeness (QED) is 0.251. The van der Waals surface area contributed by atoms with E-state index in [1.165, 1.54) is 12.8 Å². The van der Waals surface area contributed by atoms with Gasteiger partial charge in [-0.2, -0.15) is 0 Å². The van der Waals surface area contributed by atoms with E-state index < -0.39 is 0 Å². The van der Waals surface area contributed by atoms with Crippen LogP contribution in [0.3, 0.4) is 0 Å². The van der Waals surface area contributed by atoms with Gasteiger partial charge in [-0.25, -0.2) is 4.98 Å². The molecular weight excluding hydrogens is 576 g/mol. The first-order valence-corrected chi connectivity index (χ1v) is 16.3. The predicted molar refractivity (Wildman–Crippen MR) is 180 cm³/mol. The number of H-pyrrole nitrogens is 1. The molecule has 9 heteroatoms. The first-order chi connectivity index (χ1) is 22.4. The van der Waals surface area contributed by atoms with Crippen molar-refractivity contribution in [3.05, 3.63) is 82.6 Å². The van der Waals surface area contributed by atoms with Crippen LogP contribution in [0.15, 0.2) is 71.5 Å². The highest BCUT2D eigenvalue weighted by Gasteiger charge is 2.47. The Hall–Kier alpha value is -4.89. The number of benzene rings is 3. The van der Waals surface area contributed by atoms with Gasteiger partial charge in [-0.1, -0.05) is 36.4 Å². The number of carbonyl (C=O) groups excluding carboxylic acids is 1. The summed E-state index contributed by atoms with van der Waals surface area (Å²) in [7, 11) is 3.66. The third-order valence-corrected chi connectivity index (χ3v) is 10.7. The minimum Gasteiger partial charge on any atom is -0.494 e. The fourth-order valence-corrected chi connectivity index (χ4v) is 8.15. The molecule has 6 aromatic rings. The zero-order chi connectivity index (χ0) is 31.3. The van der Waals surface area contributed by atoms with Gasteiger partial charge < -0.3 is 29.5 Å². The van der Waals surface area contributed by atoms with Crippen LogP contribution >= 0.6 is 0 Å². The molecule has 0 spiro atoms. The highest BCUT2D eigenvalue weighted by molar-refractivity contribution is 6.05. The third kappa shape index (κ3) is 4.07. The van der Waals surface area contributed by atoms with Crippen LogP contribution in [0.2, 0.25) is 0 Å². The van der Waals surface area contributed by atoms with Crippen LogP contribution < -0.4 is 16.0 Å². The molecule has 2 bridgehead atoms. The molecular formula is C37H36N6O3. The number of nitrogens with one attached hydrogen (secondary N) is 1. The number of para-hydroxylation sites is 2. The molecule has 0 unspecified atom stereocenters. The molecule has 3 aromatic heterocycles. The fraction of sp³-hybridized carbons (Fsp3) is 0.324. The molecule has 0 radical (unpaired) electrons. The normalized spacial score (nSPS) is 20.8. The Morgan fingerprint density at radius 1 is 0.978 bits per heavy atom. The summed E-state index contributed by atoms with van der Waals surface area (Å²) in [5, 5.41) is 2.10. The number of aryl methyl sites for hydroxylation is 1. The molecule has 4 heterocycles. The number of aromatic nitrogens is 4. The maximum absolute atomic E-state index is 13.8. The summed E-state index contributed by atoms with van der Waals surface area (Å²) in [4.78, 5) is 36.4. The molecule has 3 atom stereocenters. The lowest BCUT2D eigenvalue weighted by molar-refractivity contribution is 0.0700. The van der Waals surface area contributed by atoms with E-state index >= 15 is 0 Å². The molecule has 9 rings (SSSR count). The van der Waals surface area contributed by atoms with Gasteiger partial charge in [0.2, 0.25) is 5.56 Å². The smallest absolute Gasteiger partial charge is 0.254 e. The van der Waals surface area contributed by atoms with Gasteiger partial charge in [0.15, 0.2) is 5.82 Å². The lowest BCUT2D eigenvalue weighted by atomic mass is 10.00. The number of ether oxygens (including phenoxy) is 1. The monoisotopic (exact) mass is 612 g/mol. The van der Waals surface area contributed by atoms with Crippen molar-refractivity contribution in [2.75, 3.05) is 13.7 Å². The summed E-state index contributed by atoms with van der Waals surface area (Å²) in [5.41, 5.74) is 13.5. The molecule has 2 aliphatic carbocycles. The SMILES string of the molecule is COc1cc(C(=O)N2C[C@H]3CC[C@@H]2[C@@H]3N)cc2nc(-c3cc4cccc(-c5cccc6ccc(=O)[nH]c56)c4n3CC3CC3)n(C)c12. The van der Waals surface area contributed by atoms with Gasteiger partial charge in [0.05, 0.1) is 29.4 Å². The molecule has 46 heavy (non-hydrogen) atoms. The number of amides is 1. The summed E-state index contributed by atoms with van der Waals surface area (Å²) in [5.74, 6) is 2.42. The summed E-state index contributed by atoms with van der Waals surface area (Å²) >= 11 is 0. The van der Waals surface area contributed by atoms with E-state index in [9.17, 15) is 9.59 Å². The topological polar surface area (TPSA) is 111 Å². The Labute approximate surface area is 265 Å². The molecule has 1 amide bonds. The van der Waals surface area contributed by atoms with Gasteiger partial charge >= 0.3 is 0 Å². The third-order valence-electron chi connectivity index (χ3n) is 10.7. The van der Waals surface area contributed by atoms with E-state index in [1.54, 1.807) is 13.2 Å². The average molecular weight is 613 g/mol. The number of fused-ring (bicyclic) bond motifs is 5. The van der Waals surface area contributed by atoms with Gasteiger partial charge in [0.25, 0.3) is 5.91 Å². The number of carbonyl (C=O) groups is 1. The van der Waals surface area contributed by atoms with Gasteiger partial charge in [0, 0.05) is 60.4 Å². The van der Waals surface area contributed by atoms with Crippen molar-refractivity contribution in [2.45, 2.75) is 44.3 Å². The minimum atomic E-state index is -0.118. The molecule has 2 saturated carbocycles.